The van der Waals surface area contributed by atoms with Crippen LogP contribution in [0.15, 0.2) is 54.3 Å². The van der Waals surface area contributed by atoms with Crippen molar-refractivity contribution in [2.75, 3.05) is 6.54 Å². The van der Waals surface area contributed by atoms with Gasteiger partial charge in [-0.05, 0) is 29.8 Å². The molecule has 0 radical (unpaired) electrons. The smallest absolute Gasteiger partial charge is 0.255 e. The van der Waals surface area contributed by atoms with Gasteiger partial charge in [-0.15, -0.1) is 11.3 Å². The summed E-state index contributed by atoms with van der Waals surface area (Å²) in [5.41, 5.74) is 6.08. The van der Waals surface area contributed by atoms with E-state index in [9.17, 15) is 9.90 Å². The van der Waals surface area contributed by atoms with Gasteiger partial charge in [0.25, 0.3) is 5.91 Å². The van der Waals surface area contributed by atoms with E-state index in [1.807, 2.05) is 35.2 Å². The van der Waals surface area contributed by atoms with Crippen molar-refractivity contribution in [1.29, 1.82) is 0 Å². The molecular formula is C20H16N4O2S. The first-order valence-electron chi connectivity index (χ1n) is 8.63. The minimum atomic E-state index is -0.0864. The Balaban J connectivity index is 1.55. The molecule has 27 heavy (non-hydrogen) atoms. The standard InChI is InChI=1S/C20H16N4O2S/c25-13-4-1-3-12(7-13)15-8-24(9-17-18(15)22-10-21-17)20(26)14-5-2-6-16-19(14)27-11-23-16/h1-7,10-11,15,25H,8-9H2,(H,21,22). The monoisotopic (exact) mass is 376 g/mol. The molecule has 0 spiro atoms. The Morgan fingerprint density at radius 2 is 2.11 bits per heavy atom. The Labute approximate surface area is 159 Å². The maximum atomic E-state index is 13.3. The molecule has 1 aliphatic rings. The number of phenolic OH excluding ortho intramolecular Hbond substituents is 1. The number of aromatic amines is 1. The average molecular weight is 376 g/mol. The molecule has 0 saturated heterocycles. The molecular weight excluding hydrogens is 360 g/mol. The third-order valence-corrected chi connectivity index (χ3v) is 5.86. The number of carbonyl (C=O) groups is 1. The highest BCUT2D eigenvalue weighted by Gasteiger charge is 2.32. The van der Waals surface area contributed by atoms with Crippen LogP contribution in [0.5, 0.6) is 5.75 Å². The number of rotatable bonds is 2. The quantitative estimate of drug-likeness (QED) is 0.561. The number of H-pyrrole nitrogens is 1. The van der Waals surface area contributed by atoms with E-state index in [0.717, 1.165) is 27.2 Å². The fourth-order valence-electron chi connectivity index (χ4n) is 3.71. The lowest BCUT2D eigenvalue weighted by molar-refractivity contribution is 0.0724. The number of aromatic nitrogens is 3. The number of thiazole rings is 1. The Hall–Kier alpha value is -3.19. The topological polar surface area (TPSA) is 82.1 Å². The van der Waals surface area contributed by atoms with Gasteiger partial charge >= 0.3 is 0 Å². The lowest BCUT2D eigenvalue weighted by Gasteiger charge is -2.32. The molecule has 5 rings (SSSR count). The number of carbonyl (C=O) groups excluding carboxylic acids is 1. The van der Waals surface area contributed by atoms with Gasteiger partial charge in [0.1, 0.15) is 5.75 Å². The predicted molar refractivity (Wildman–Crippen MR) is 103 cm³/mol. The first-order valence-corrected chi connectivity index (χ1v) is 9.51. The molecule has 2 aromatic carbocycles. The molecule has 0 bridgehead atoms. The first-order chi connectivity index (χ1) is 13.2. The van der Waals surface area contributed by atoms with Gasteiger partial charge in [-0.2, -0.15) is 0 Å². The lowest BCUT2D eigenvalue weighted by atomic mass is 9.90. The number of amides is 1. The maximum absolute atomic E-state index is 13.3. The molecule has 7 heteroatoms. The van der Waals surface area contributed by atoms with E-state index < -0.39 is 0 Å². The van der Waals surface area contributed by atoms with Gasteiger partial charge in [-0.3, -0.25) is 4.79 Å². The van der Waals surface area contributed by atoms with Gasteiger partial charge in [-0.25, -0.2) is 9.97 Å². The van der Waals surface area contributed by atoms with E-state index in [4.69, 9.17) is 0 Å². The van der Waals surface area contributed by atoms with Gasteiger partial charge in [0.15, 0.2) is 0 Å². The van der Waals surface area contributed by atoms with Gasteiger partial charge in [-0.1, -0.05) is 18.2 Å². The van der Waals surface area contributed by atoms with Crippen LogP contribution < -0.4 is 0 Å². The van der Waals surface area contributed by atoms with Gasteiger partial charge in [0, 0.05) is 12.5 Å². The number of fused-ring (bicyclic) bond motifs is 2. The van der Waals surface area contributed by atoms with E-state index in [-0.39, 0.29) is 17.6 Å². The molecule has 2 aromatic heterocycles. The molecule has 1 amide bonds. The summed E-state index contributed by atoms with van der Waals surface area (Å²) < 4.78 is 0.909. The zero-order valence-corrected chi connectivity index (χ0v) is 15.1. The van der Waals surface area contributed by atoms with E-state index in [0.29, 0.717) is 18.7 Å². The van der Waals surface area contributed by atoms with Crippen LogP contribution in [0.1, 0.15) is 33.2 Å². The van der Waals surface area contributed by atoms with Crippen molar-refractivity contribution < 1.29 is 9.90 Å². The van der Waals surface area contributed by atoms with Crippen molar-refractivity contribution in [2.24, 2.45) is 0 Å². The number of phenols is 1. The Morgan fingerprint density at radius 3 is 3.00 bits per heavy atom. The summed E-state index contributed by atoms with van der Waals surface area (Å²) >= 11 is 1.48. The summed E-state index contributed by atoms with van der Waals surface area (Å²) in [7, 11) is 0. The van der Waals surface area contributed by atoms with Crippen LogP contribution in [0.2, 0.25) is 0 Å². The summed E-state index contributed by atoms with van der Waals surface area (Å²) in [4.78, 5) is 27.1. The molecule has 0 fully saturated rings. The highest BCUT2D eigenvalue weighted by Crippen LogP contribution is 2.34. The molecule has 6 nitrogen and oxygen atoms in total. The maximum Gasteiger partial charge on any atom is 0.255 e. The van der Waals surface area contributed by atoms with Crippen molar-refractivity contribution in [3.05, 3.63) is 76.8 Å². The molecule has 1 aliphatic heterocycles. The number of nitrogens with zero attached hydrogens (tertiary/aromatic N) is 3. The second-order valence-electron chi connectivity index (χ2n) is 6.61. The van der Waals surface area contributed by atoms with Crippen LogP contribution in [-0.4, -0.2) is 37.4 Å². The minimum Gasteiger partial charge on any atom is -0.508 e. The van der Waals surface area contributed by atoms with E-state index >= 15 is 0 Å². The number of hydrogen-bond acceptors (Lipinski definition) is 5. The number of benzene rings is 2. The second kappa shape index (κ2) is 6.21. The molecule has 0 saturated carbocycles. The molecule has 2 N–H and O–H groups in total. The van der Waals surface area contributed by atoms with Crippen molar-refractivity contribution in [1.82, 2.24) is 19.9 Å². The van der Waals surface area contributed by atoms with Crippen molar-refractivity contribution in [2.45, 2.75) is 12.5 Å². The SMILES string of the molecule is O=C(c1cccc2ncsc12)N1Cc2[nH]cnc2C(c2cccc(O)c2)C1. The van der Waals surface area contributed by atoms with Crippen molar-refractivity contribution in [3.63, 3.8) is 0 Å². The van der Waals surface area contributed by atoms with Gasteiger partial charge in [0.2, 0.25) is 0 Å². The van der Waals surface area contributed by atoms with Crippen molar-refractivity contribution in [3.8, 4) is 5.75 Å². The molecule has 134 valence electrons. The van der Waals surface area contributed by atoms with Crippen LogP contribution in [0.25, 0.3) is 10.2 Å². The molecule has 0 aliphatic carbocycles. The highest BCUT2D eigenvalue weighted by molar-refractivity contribution is 7.17. The van der Waals surface area contributed by atoms with Crippen LogP contribution in [0, 0.1) is 0 Å². The number of imidazole rings is 1. The van der Waals surface area contributed by atoms with Crippen LogP contribution in [0.3, 0.4) is 0 Å². The highest BCUT2D eigenvalue weighted by atomic mass is 32.1. The number of hydrogen-bond donors (Lipinski definition) is 2. The van der Waals surface area contributed by atoms with Crippen molar-refractivity contribution >= 4 is 27.5 Å². The number of aromatic hydroxyl groups is 1. The largest absolute Gasteiger partial charge is 0.508 e. The lowest BCUT2D eigenvalue weighted by Crippen LogP contribution is -2.38. The molecule has 1 unspecified atom stereocenters. The van der Waals surface area contributed by atoms with E-state index in [1.165, 1.54) is 11.3 Å². The molecule has 4 aromatic rings. The van der Waals surface area contributed by atoms with Crippen LogP contribution >= 0.6 is 11.3 Å². The fraction of sp³-hybridized carbons (Fsp3) is 0.150. The average Bonchev–Trinajstić information content (AvgIpc) is 3.35. The summed E-state index contributed by atoms with van der Waals surface area (Å²) in [6, 6.07) is 12.8. The van der Waals surface area contributed by atoms with E-state index in [2.05, 4.69) is 15.0 Å². The van der Waals surface area contributed by atoms with E-state index in [1.54, 1.807) is 24.0 Å². The predicted octanol–water partition coefficient (Wildman–Crippen LogP) is 3.51. The summed E-state index contributed by atoms with van der Waals surface area (Å²) in [5, 5.41) is 9.88. The Kier molecular flexibility index (Phi) is 3.68. The Morgan fingerprint density at radius 1 is 1.22 bits per heavy atom. The number of nitrogens with one attached hydrogen (secondary N) is 1. The van der Waals surface area contributed by atoms with Gasteiger partial charge in [0.05, 0.1) is 45.6 Å². The normalized spacial score (nSPS) is 16.4. The third kappa shape index (κ3) is 2.67. The summed E-state index contributed by atoms with van der Waals surface area (Å²) in [6.07, 6.45) is 1.67. The van der Waals surface area contributed by atoms with Gasteiger partial charge < -0.3 is 15.0 Å². The molecule has 3 heterocycles. The second-order valence-corrected chi connectivity index (χ2v) is 7.46. The zero-order valence-electron chi connectivity index (χ0n) is 14.3. The zero-order chi connectivity index (χ0) is 18.4. The summed E-state index contributed by atoms with van der Waals surface area (Å²) in [6.45, 7) is 0.994. The molecule has 1 atom stereocenters. The minimum absolute atomic E-state index is 0.0183. The Bertz CT molecular complexity index is 1150. The van der Waals surface area contributed by atoms with Crippen LogP contribution in [0.4, 0.5) is 0 Å². The summed E-state index contributed by atoms with van der Waals surface area (Å²) in [5.74, 6) is 0.106. The third-order valence-electron chi connectivity index (χ3n) is 4.98. The first kappa shape index (κ1) is 16.0. The fourth-order valence-corrected chi connectivity index (χ4v) is 4.50. The van der Waals surface area contributed by atoms with Crippen LogP contribution in [-0.2, 0) is 6.54 Å².